The lowest BCUT2D eigenvalue weighted by molar-refractivity contribution is -0.0146. The fraction of sp³-hybridized carbons (Fsp3) is 0.345. The van der Waals surface area contributed by atoms with Gasteiger partial charge in [-0.05, 0) is 80.1 Å². The average Bonchev–Trinajstić information content (AvgIpc) is 2.89. The Kier molecular flexibility index (Phi) is 7.78. The van der Waals surface area contributed by atoms with Crippen molar-refractivity contribution in [3.63, 3.8) is 0 Å². The molecule has 1 fully saturated rings. The second-order valence-electron chi connectivity index (χ2n) is 9.20. The molecule has 0 aromatic heterocycles. The highest BCUT2D eigenvalue weighted by Crippen LogP contribution is 2.41. The Morgan fingerprint density at radius 1 is 0.882 bits per heavy atom. The van der Waals surface area contributed by atoms with E-state index in [0.717, 1.165) is 55.6 Å². The Morgan fingerprint density at radius 2 is 1.41 bits per heavy atom. The van der Waals surface area contributed by atoms with Crippen LogP contribution in [0.15, 0.2) is 84.9 Å². The van der Waals surface area contributed by atoms with E-state index in [4.69, 9.17) is 5.11 Å². The van der Waals surface area contributed by atoms with E-state index in [2.05, 4.69) is 4.90 Å². The summed E-state index contributed by atoms with van der Waals surface area (Å²) in [6, 6.07) is 26.4. The van der Waals surface area contributed by atoms with Gasteiger partial charge in [0.2, 0.25) is 0 Å². The summed E-state index contributed by atoms with van der Waals surface area (Å²) in [6.07, 6.45) is 2.69. The standard InChI is InChI=1S/C29H33NO4/c31-27(22-13-15-23(16-14-22)28(32)33)12-7-19-30-20-17-26(18-21-30)29(34,24-8-3-1-4-9-24)25-10-5-2-6-11-25/h1-6,8-11,13-16,26-27,31,34H,7,12,17-21H2,(H,32,33)/t27-/m0/s1. The Morgan fingerprint density at radius 3 is 1.91 bits per heavy atom. The number of hydrogen-bond donors (Lipinski definition) is 3. The first-order chi connectivity index (χ1) is 16.5. The lowest BCUT2D eigenvalue weighted by atomic mass is 9.72. The molecule has 0 saturated carbocycles. The maximum absolute atomic E-state index is 12.0. The van der Waals surface area contributed by atoms with E-state index >= 15 is 0 Å². The summed E-state index contributed by atoms with van der Waals surface area (Å²) < 4.78 is 0. The lowest BCUT2D eigenvalue weighted by Crippen LogP contribution is -2.44. The van der Waals surface area contributed by atoms with Crippen molar-refractivity contribution < 1.29 is 20.1 Å². The van der Waals surface area contributed by atoms with Crippen molar-refractivity contribution in [1.29, 1.82) is 0 Å². The Bertz CT molecular complexity index is 1010. The molecule has 1 aliphatic heterocycles. The number of carboxylic acid groups (broad SMARTS) is 1. The Balaban J connectivity index is 1.33. The van der Waals surface area contributed by atoms with E-state index in [-0.39, 0.29) is 11.5 Å². The normalized spacial score (nSPS) is 16.3. The molecule has 1 saturated heterocycles. The third-order valence-electron chi connectivity index (χ3n) is 7.10. The van der Waals surface area contributed by atoms with E-state index in [1.54, 1.807) is 12.1 Å². The SMILES string of the molecule is O=C(O)c1ccc([C@@H](O)CCCN2CCC(C(O)(c3ccccc3)c3ccccc3)CC2)cc1. The summed E-state index contributed by atoms with van der Waals surface area (Å²) in [5.41, 5.74) is 1.85. The number of carboxylic acids is 1. The topological polar surface area (TPSA) is 81.0 Å². The molecule has 178 valence electrons. The monoisotopic (exact) mass is 459 g/mol. The summed E-state index contributed by atoms with van der Waals surface area (Å²) >= 11 is 0. The first-order valence-electron chi connectivity index (χ1n) is 12.1. The molecule has 0 amide bonds. The first kappa shape index (κ1) is 24.1. The third kappa shape index (κ3) is 5.39. The predicted octanol–water partition coefficient (Wildman–Crippen LogP) is 4.85. The maximum atomic E-state index is 12.0. The van der Waals surface area contributed by atoms with Crippen molar-refractivity contribution in [2.45, 2.75) is 37.4 Å². The van der Waals surface area contributed by atoms with Crippen molar-refractivity contribution in [3.8, 4) is 0 Å². The van der Waals surface area contributed by atoms with Gasteiger partial charge in [-0.1, -0.05) is 72.8 Å². The zero-order chi connectivity index (χ0) is 24.0. The fourth-order valence-electron chi connectivity index (χ4n) is 5.12. The summed E-state index contributed by atoms with van der Waals surface area (Å²) in [7, 11) is 0. The quantitative estimate of drug-likeness (QED) is 0.426. The number of benzene rings is 3. The number of rotatable bonds is 9. The van der Waals surface area contributed by atoms with Gasteiger partial charge >= 0.3 is 5.97 Å². The maximum Gasteiger partial charge on any atom is 0.335 e. The number of nitrogens with zero attached hydrogens (tertiary/aromatic N) is 1. The molecule has 0 radical (unpaired) electrons. The van der Waals surface area contributed by atoms with E-state index < -0.39 is 17.7 Å². The van der Waals surface area contributed by atoms with Gasteiger partial charge in [0, 0.05) is 0 Å². The van der Waals surface area contributed by atoms with Gasteiger partial charge in [-0.25, -0.2) is 4.79 Å². The number of hydrogen-bond acceptors (Lipinski definition) is 4. The van der Waals surface area contributed by atoms with Gasteiger partial charge in [-0.2, -0.15) is 0 Å². The minimum Gasteiger partial charge on any atom is -0.478 e. The number of aliphatic hydroxyl groups is 2. The molecule has 3 aromatic carbocycles. The number of aliphatic hydroxyl groups excluding tert-OH is 1. The van der Waals surface area contributed by atoms with Crippen LogP contribution in [0.25, 0.3) is 0 Å². The highest BCUT2D eigenvalue weighted by Gasteiger charge is 2.41. The molecular weight excluding hydrogens is 426 g/mol. The van der Waals surface area contributed by atoms with E-state index in [1.165, 1.54) is 12.1 Å². The lowest BCUT2D eigenvalue weighted by Gasteiger charge is -2.42. The second-order valence-corrected chi connectivity index (χ2v) is 9.20. The summed E-state index contributed by atoms with van der Waals surface area (Å²) in [5.74, 6) is -0.831. The van der Waals surface area contributed by atoms with Crippen LogP contribution >= 0.6 is 0 Å². The molecule has 5 heteroatoms. The van der Waals surface area contributed by atoms with Crippen LogP contribution in [-0.2, 0) is 5.60 Å². The largest absolute Gasteiger partial charge is 0.478 e. The van der Waals surface area contributed by atoms with Gasteiger partial charge in [0.05, 0.1) is 11.7 Å². The number of likely N-dealkylation sites (tertiary alicyclic amines) is 1. The molecule has 3 aromatic rings. The molecule has 0 aliphatic carbocycles. The number of aromatic carboxylic acids is 1. The van der Waals surface area contributed by atoms with E-state index in [0.29, 0.717) is 6.42 Å². The van der Waals surface area contributed by atoms with Gasteiger partial charge in [0.25, 0.3) is 0 Å². The van der Waals surface area contributed by atoms with Crippen molar-refractivity contribution in [2.24, 2.45) is 5.92 Å². The average molecular weight is 460 g/mol. The van der Waals surface area contributed by atoms with Gasteiger partial charge in [0.15, 0.2) is 0 Å². The van der Waals surface area contributed by atoms with Crippen molar-refractivity contribution in [2.75, 3.05) is 19.6 Å². The predicted molar refractivity (Wildman–Crippen MR) is 133 cm³/mol. The van der Waals surface area contributed by atoms with Gasteiger partial charge < -0.3 is 20.2 Å². The zero-order valence-electron chi connectivity index (χ0n) is 19.4. The van der Waals surface area contributed by atoms with Crippen LogP contribution in [0.5, 0.6) is 0 Å². The second kappa shape index (κ2) is 11.0. The van der Waals surface area contributed by atoms with E-state index in [1.807, 2.05) is 60.7 Å². The van der Waals surface area contributed by atoms with Crippen LogP contribution in [0.3, 0.4) is 0 Å². The highest BCUT2D eigenvalue weighted by atomic mass is 16.4. The van der Waals surface area contributed by atoms with Crippen LogP contribution in [0, 0.1) is 5.92 Å². The zero-order valence-corrected chi connectivity index (χ0v) is 19.4. The molecule has 0 bridgehead atoms. The third-order valence-corrected chi connectivity index (χ3v) is 7.10. The number of piperidine rings is 1. The van der Waals surface area contributed by atoms with Gasteiger partial charge in [-0.3, -0.25) is 0 Å². The van der Waals surface area contributed by atoms with Crippen LogP contribution < -0.4 is 0 Å². The van der Waals surface area contributed by atoms with E-state index in [9.17, 15) is 15.0 Å². The molecule has 5 nitrogen and oxygen atoms in total. The highest BCUT2D eigenvalue weighted by molar-refractivity contribution is 5.87. The smallest absolute Gasteiger partial charge is 0.335 e. The van der Waals surface area contributed by atoms with Gasteiger partial charge in [0.1, 0.15) is 5.60 Å². The molecule has 0 unspecified atom stereocenters. The van der Waals surface area contributed by atoms with Crippen molar-refractivity contribution in [3.05, 3.63) is 107 Å². The molecular formula is C29H33NO4. The molecule has 0 spiro atoms. The van der Waals surface area contributed by atoms with Crippen LogP contribution in [0.2, 0.25) is 0 Å². The molecule has 1 atom stereocenters. The Hall–Kier alpha value is -2.99. The van der Waals surface area contributed by atoms with Crippen LogP contribution in [0.4, 0.5) is 0 Å². The minimum atomic E-state index is -1.01. The summed E-state index contributed by atoms with van der Waals surface area (Å²) in [6.45, 7) is 2.72. The Labute approximate surface area is 201 Å². The summed E-state index contributed by atoms with van der Waals surface area (Å²) in [4.78, 5) is 13.4. The summed E-state index contributed by atoms with van der Waals surface area (Å²) in [5, 5.41) is 31.5. The van der Waals surface area contributed by atoms with Crippen LogP contribution in [-0.4, -0.2) is 45.8 Å². The van der Waals surface area contributed by atoms with Crippen molar-refractivity contribution >= 4 is 5.97 Å². The first-order valence-corrected chi connectivity index (χ1v) is 12.1. The minimum absolute atomic E-state index is 0.131. The molecule has 34 heavy (non-hydrogen) atoms. The number of carbonyl (C=O) groups is 1. The molecule has 3 N–H and O–H groups in total. The fourth-order valence-corrected chi connectivity index (χ4v) is 5.12. The molecule has 1 aliphatic rings. The van der Waals surface area contributed by atoms with Crippen molar-refractivity contribution in [1.82, 2.24) is 4.90 Å². The molecule has 4 rings (SSSR count). The van der Waals surface area contributed by atoms with Gasteiger partial charge in [-0.15, -0.1) is 0 Å². The molecule has 1 heterocycles. The van der Waals surface area contributed by atoms with Crippen LogP contribution in [0.1, 0.15) is 58.8 Å².